The summed E-state index contributed by atoms with van der Waals surface area (Å²) in [5, 5.41) is 8.51. The summed E-state index contributed by atoms with van der Waals surface area (Å²) in [5.41, 5.74) is -0.166. The molecule has 0 bridgehead atoms. The van der Waals surface area contributed by atoms with Crippen molar-refractivity contribution in [3.63, 3.8) is 0 Å². The normalized spacial score (nSPS) is 9.46. The Morgan fingerprint density at radius 1 is 1.54 bits per heavy atom. The minimum Gasteiger partial charge on any atom is -0.492 e. The third-order valence-electron chi connectivity index (χ3n) is 1.44. The Morgan fingerprint density at radius 2 is 2.15 bits per heavy atom. The van der Waals surface area contributed by atoms with Crippen LogP contribution in [0.2, 0.25) is 0 Å². The fourth-order valence-corrected chi connectivity index (χ4v) is 1.16. The average Bonchev–Trinajstić information content (AvgIpc) is 2.13. The van der Waals surface area contributed by atoms with Gasteiger partial charge in [-0.25, -0.2) is 8.78 Å². The molecular formula is C8H4BrF2NO. The number of benzene rings is 1. The van der Waals surface area contributed by atoms with E-state index in [4.69, 9.17) is 5.26 Å². The van der Waals surface area contributed by atoms with Gasteiger partial charge < -0.3 is 4.74 Å². The number of hydrogen-bond donors (Lipinski definition) is 0. The maximum absolute atomic E-state index is 13.1. The first kappa shape index (κ1) is 9.93. The predicted octanol–water partition coefficient (Wildman–Crippen LogP) is 2.61. The standard InChI is InChI=1S/C8H4BrF2NO/c1-13-8-4(3-12)2-5(10)6(9)7(8)11/h2H,1H3. The highest BCUT2D eigenvalue weighted by atomic mass is 79.9. The molecule has 0 amide bonds. The SMILES string of the molecule is COc1c(C#N)cc(F)c(Br)c1F. The van der Waals surface area contributed by atoms with Crippen LogP contribution in [0.3, 0.4) is 0 Å². The molecule has 0 aliphatic heterocycles. The maximum atomic E-state index is 13.1. The van der Waals surface area contributed by atoms with E-state index >= 15 is 0 Å². The molecule has 0 radical (unpaired) electrons. The number of halogens is 3. The third kappa shape index (κ3) is 1.63. The van der Waals surface area contributed by atoms with Crippen molar-refractivity contribution in [2.75, 3.05) is 7.11 Å². The predicted molar refractivity (Wildman–Crippen MR) is 45.3 cm³/mol. The molecule has 0 saturated heterocycles. The zero-order chi connectivity index (χ0) is 10.0. The van der Waals surface area contributed by atoms with Gasteiger partial charge in [0.2, 0.25) is 0 Å². The van der Waals surface area contributed by atoms with Crippen molar-refractivity contribution in [2.24, 2.45) is 0 Å². The quantitative estimate of drug-likeness (QED) is 0.715. The van der Waals surface area contributed by atoms with E-state index in [1.807, 2.05) is 0 Å². The number of ether oxygens (including phenoxy) is 1. The Morgan fingerprint density at radius 3 is 2.62 bits per heavy atom. The summed E-state index contributed by atoms with van der Waals surface area (Å²) < 4.78 is 30.3. The van der Waals surface area contributed by atoms with Crippen molar-refractivity contribution in [1.29, 1.82) is 5.26 Å². The van der Waals surface area contributed by atoms with Gasteiger partial charge in [0.05, 0.1) is 11.6 Å². The highest BCUT2D eigenvalue weighted by molar-refractivity contribution is 9.10. The van der Waals surface area contributed by atoms with Gasteiger partial charge in [0.1, 0.15) is 17.4 Å². The van der Waals surface area contributed by atoms with E-state index < -0.39 is 11.6 Å². The van der Waals surface area contributed by atoms with E-state index in [1.54, 1.807) is 6.07 Å². The summed E-state index contributed by atoms with van der Waals surface area (Å²) in [6.45, 7) is 0. The Kier molecular flexibility index (Phi) is 2.83. The molecule has 0 N–H and O–H groups in total. The first-order valence-electron chi connectivity index (χ1n) is 3.23. The van der Waals surface area contributed by atoms with Crippen molar-refractivity contribution in [2.45, 2.75) is 0 Å². The van der Waals surface area contributed by atoms with Crippen molar-refractivity contribution in [1.82, 2.24) is 0 Å². The van der Waals surface area contributed by atoms with Gasteiger partial charge in [-0.2, -0.15) is 5.26 Å². The molecule has 1 rings (SSSR count). The molecule has 2 nitrogen and oxygen atoms in total. The Hall–Kier alpha value is -1.15. The van der Waals surface area contributed by atoms with E-state index in [0.717, 1.165) is 6.07 Å². The van der Waals surface area contributed by atoms with E-state index in [1.165, 1.54) is 7.11 Å². The molecule has 0 saturated carbocycles. The summed E-state index contributed by atoms with van der Waals surface area (Å²) >= 11 is 2.69. The molecule has 1 aromatic rings. The van der Waals surface area contributed by atoms with E-state index in [-0.39, 0.29) is 15.8 Å². The van der Waals surface area contributed by atoms with Crippen LogP contribution in [0.5, 0.6) is 5.75 Å². The van der Waals surface area contributed by atoms with Gasteiger partial charge in [-0.15, -0.1) is 0 Å². The van der Waals surface area contributed by atoms with Gasteiger partial charge in [0.25, 0.3) is 0 Å². The number of nitrogens with zero attached hydrogens (tertiary/aromatic N) is 1. The first-order valence-corrected chi connectivity index (χ1v) is 4.02. The molecule has 0 heterocycles. The zero-order valence-corrected chi connectivity index (χ0v) is 8.15. The molecule has 0 aromatic heterocycles. The second kappa shape index (κ2) is 3.71. The topological polar surface area (TPSA) is 33.0 Å². The van der Waals surface area contributed by atoms with Crippen molar-refractivity contribution in [3.8, 4) is 11.8 Å². The van der Waals surface area contributed by atoms with Crippen LogP contribution >= 0.6 is 15.9 Å². The molecule has 0 spiro atoms. The fourth-order valence-electron chi connectivity index (χ4n) is 0.861. The van der Waals surface area contributed by atoms with Crippen LogP contribution in [0.1, 0.15) is 5.56 Å². The molecule has 0 unspecified atom stereocenters. The van der Waals surface area contributed by atoms with Crippen molar-refractivity contribution in [3.05, 3.63) is 27.7 Å². The summed E-state index contributed by atoms with van der Waals surface area (Å²) in [4.78, 5) is 0. The second-order valence-electron chi connectivity index (χ2n) is 2.18. The third-order valence-corrected chi connectivity index (χ3v) is 2.17. The molecular weight excluding hydrogens is 244 g/mol. The molecule has 68 valence electrons. The van der Waals surface area contributed by atoms with Crippen LogP contribution < -0.4 is 4.74 Å². The van der Waals surface area contributed by atoms with Crippen LogP contribution in [0.4, 0.5) is 8.78 Å². The van der Waals surface area contributed by atoms with Gasteiger partial charge in [0, 0.05) is 0 Å². The molecule has 1 aromatic carbocycles. The summed E-state index contributed by atoms with van der Waals surface area (Å²) in [7, 11) is 1.21. The Balaban J connectivity index is 3.50. The Labute approximate surface area is 81.9 Å². The highest BCUT2D eigenvalue weighted by Crippen LogP contribution is 2.30. The van der Waals surface area contributed by atoms with Crippen LogP contribution in [0.15, 0.2) is 10.5 Å². The minimum absolute atomic E-state index is 0.166. The highest BCUT2D eigenvalue weighted by Gasteiger charge is 2.16. The summed E-state index contributed by atoms with van der Waals surface area (Å²) in [6.07, 6.45) is 0. The average molecular weight is 248 g/mol. The molecule has 0 atom stereocenters. The number of rotatable bonds is 1. The van der Waals surface area contributed by atoms with Crippen molar-refractivity contribution >= 4 is 15.9 Å². The smallest absolute Gasteiger partial charge is 0.183 e. The molecule has 5 heteroatoms. The maximum Gasteiger partial charge on any atom is 0.183 e. The lowest BCUT2D eigenvalue weighted by Crippen LogP contribution is -1.95. The number of methoxy groups -OCH3 is 1. The number of nitriles is 1. The second-order valence-corrected chi connectivity index (χ2v) is 2.97. The monoisotopic (exact) mass is 247 g/mol. The largest absolute Gasteiger partial charge is 0.492 e. The summed E-state index contributed by atoms with van der Waals surface area (Å²) in [6, 6.07) is 2.54. The number of hydrogen-bond acceptors (Lipinski definition) is 2. The molecule has 0 fully saturated rings. The minimum atomic E-state index is -0.904. The van der Waals surface area contributed by atoms with Crippen molar-refractivity contribution < 1.29 is 13.5 Å². The van der Waals surface area contributed by atoms with E-state index in [9.17, 15) is 8.78 Å². The zero-order valence-electron chi connectivity index (χ0n) is 6.57. The molecule has 0 aliphatic rings. The molecule has 0 aliphatic carbocycles. The van der Waals surface area contributed by atoms with E-state index in [0.29, 0.717) is 0 Å². The van der Waals surface area contributed by atoms with Crippen LogP contribution in [-0.2, 0) is 0 Å². The first-order chi connectivity index (χ1) is 6.11. The Bertz CT molecular complexity index is 387. The lowest BCUT2D eigenvalue weighted by molar-refractivity contribution is 0.381. The van der Waals surface area contributed by atoms with Crippen LogP contribution in [0.25, 0.3) is 0 Å². The van der Waals surface area contributed by atoms with Gasteiger partial charge >= 0.3 is 0 Å². The molecule has 13 heavy (non-hydrogen) atoms. The lowest BCUT2D eigenvalue weighted by Gasteiger charge is -2.05. The van der Waals surface area contributed by atoms with Gasteiger partial charge in [-0.3, -0.25) is 0 Å². The fraction of sp³-hybridized carbons (Fsp3) is 0.125. The summed E-state index contributed by atoms with van der Waals surface area (Å²) in [5.74, 6) is -1.98. The van der Waals surface area contributed by atoms with Gasteiger partial charge in [-0.1, -0.05) is 0 Å². The van der Waals surface area contributed by atoms with Crippen LogP contribution in [-0.4, -0.2) is 7.11 Å². The van der Waals surface area contributed by atoms with Gasteiger partial charge in [0.15, 0.2) is 11.6 Å². The van der Waals surface area contributed by atoms with Crippen LogP contribution in [0, 0.1) is 23.0 Å². The lowest BCUT2D eigenvalue weighted by atomic mass is 10.2. The van der Waals surface area contributed by atoms with E-state index in [2.05, 4.69) is 20.7 Å². The van der Waals surface area contributed by atoms with Gasteiger partial charge in [-0.05, 0) is 22.0 Å².